The third kappa shape index (κ3) is 57.1. The van der Waals surface area contributed by atoms with E-state index in [0.717, 1.165) is 96.3 Å². The van der Waals surface area contributed by atoms with Gasteiger partial charge in [0.05, 0.1) is 33.8 Å². The molecule has 9 nitrogen and oxygen atoms in total. The van der Waals surface area contributed by atoms with E-state index in [2.05, 4.69) is 123 Å². The van der Waals surface area contributed by atoms with Crippen LogP contribution in [0.15, 0.2) is 122 Å². The molecule has 0 bridgehead atoms. The fourth-order valence-corrected chi connectivity index (χ4v) is 9.04. The second-order valence-corrected chi connectivity index (χ2v) is 23.2. The van der Waals surface area contributed by atoms with Gasteiger partial charge in [-0.1, -0.05) is 245 Å². The Bertz CT molecular complexity index is 1750. The molecule has 1 amide bonds. The van der Waals surface area contributed by atoms with Crippen LogP contribution in [0.2, 0.25) is 0 Å². The maximum atomic E-state index is 13.5. The Balaban J connectivity index is 5.24. The van der Waals surface area contributed by atoms with E-state index in [-0.39, 0.29) is 31.3 Å². The molecule has 10 heteroatoms. The molecule has 0 heterocycles. The molecule has 3 unspecified atom stereocenters. The van der Waals surface area contributed by atoms with E-state index in [9.17, 15) is 19.0 Å². The number of ether oxygens (including phenoxy) is 1. The van der Waals surface area contributed by atoms with Crippen molar-refractivity contribution < 1.29 is 37.3 Å². The van der Waals surface area contributed by atoms with Crippen molar-refractivity contribution in [1.29, 1.82) is 0 Å². The van der Waals surface area contributed by atoms with Crippen LogP contribution < -0.4 is 10.2 Å². The first-order chi connectivity index (χ1) is 37.9. The number of carbonyl (C=O) groups is 2. The van der Waals surface area contributed by atoms with Crippen molar-refractivity contribution >= 4 is 19.7 Å². The summed E-state index contributed by atoms with van der Waals surface area (Å²) in [6.45, 7) is 6.62. The van der Waals surface area contributed by atoms with Crippen LogP contribution in [0.1, 0.15) is 245 Å². The van der Waals surface area contributed by atoms with Crippen LogP contribution in [0.25, 0.3) is 0 Å². The molecule has 0 fully saturated rings. The van der Waals surface area contributed by atoms with Gasteiger partial charge in [-0.25, -0.2) is 0 Å². The maximum absolute atomic E-state index is 13.5. The zero-order valence-electron chi connectivity index (χ0n) is 50.8. The quantitative estimate of drug-likeness (QED) is 0.0212. The number of allylic oxidation sites excluding steroid dienone is 19. The fraction of sp³-hybridized carbons (Fsp3) is 0.676. The highest BCUT2D eigenvalue weighted by Gasteiger charge is 2.27. The van der Waals surface area contributed by atoms with Gasteiger partial charge < -0.3 is 28.5 Å². The molecule has 0 aliphatic carbocycles. The maximum Gasteiger partial charge on any atom is 0.306 e. The van der Waals surface area contributed by atoms with E-state index in [1.807, 2.05) is 39.4 Å². The highest BCUT2D eigenvalue weighted by atomic mass is 31.2. The van der Waals surface area contributed by atoms with Gasteiger partial charge in [0, 0.05) is 12.8 Å². The Kier molecular flexibility index (Phi) is 54.1. The number of hydrogen-bond acceptors (Lipinski definition) is 7. The van der Waals surface area contributed by atoms with Crippen LogP contribution >= 0.6 is 7.82 Å². The van der Waals surface area contributed by atoms with Crippen molar-refractivity contribution in [2.45, 2.75) is 258 Å². The third-order valence-electron chi connectivity index (χ3n) is 13.1. The third-order valence-corrected chi connectivity index (χ3v) is 14.1. The van der Waals surface area contributed by atoms with E-state index >= 15 is 0 Å². The number of carbonyl (C=O) groups excluding carboxylic acids is 2. The predicted octanol–water partition coefficient (Wildman–Crippen LogP) is 18.9. The largest absolute Gasteiger partial charge is 0.756 e. The number of likely N-dealkylation sites (N-methyl/N-ethyl adjacent to an activating group) is 1. The average Bonchev–Trinajstić information content (AvgIpc) is 3.40. The lowest BCUT2D eigenvalue weighted by Crippen LogP contribution is -2.47. The van der Waals surface area contributed by atoms with Crippen molar-refractivity contribution in [2.75, 3.05) is 40.9 Å². The number of phosphoric acid groups is 1. The van der Waals surface area contributed by atoms with Gasteiger partial charge in [-0.2, -0.15) is 0 Å². The first-order valence-corrected chi connectivity index (χ1v) is 32.8. The number of quaternary nitrogens is 1. The van der Waals surface area contributed by atoms with Crippen molar-refractivity contribution in [3.63, 3.8) is 0 Å². The smallest absolute Gasteiger partial charge is 0.306 e. The molecule has 3 atom stereocenters. The number of esters is 1. The second kappa shape index (κ2) is 56.7. The van der Waals surface area contributed by atoms with Crippen LogP contribution in [-0.2, 0) is 27.9 Å². The van der Waals surface area contributed by atoms with E-state index in [1.165, 1.54) is 103 Å². The zero-order chi connectivity index (χ0) is 57.2. The number of nitrogens with zero attached hydrogens (tertiary/aromatic N) is 1. The molecule has 0 aliphatic rings. The lowest BCUT2D eigenvalue weighted by molar-refractivity contribution is -0.870. The monoisotopic (exact) mass is 1100 g/mol. The Morgan fingerprint density at radius 1 is 0.462 bits per heavy atom. The molecule has 0 saturated carbocycles. The summed E-state index contributed by atoms with van der Waals surface area (Å²) in [5, 5.41) is 2.97. The molecule has 446 valence electrons. The van der Waals surface area contributed by atoms with E-state index in [4.69, 9.17) is 13.8 Å². The number of nitrogens with one attached hydrogen (secondary N) is 1. The van der Waals surface area contributed by atoms with Crippen molar-refractivity contribution in [3.8, 4) is 0 Å². The van der Waals surface area contributed by atoms with Crippen LogP contribution in [0, 0.1) is 0 Å². The molecule has 0 rings (SSSR count). The fourth-order valence-electron chi connectivity index (χ4n) is 8.32. The minimum absolute atomic E-state index is 0.0427. The van der Waals surface area contributed by atoms with Gasteiger partial charge in [-0.3, -0.25) is 14.2 Å². The van der Waals surface area contributed by atoms with Crippen molar-refractivity contribution in [2.24, 2.45) is 0 Å². The van der Waals surface area contributed by atoms with Crippen LogP contribution in [0.3, 0.4) is 0 Å². The molecular formula is C68H117N2O7P. The Hall–Kier alpha value is -3.59. The van der Waals surface area contributed by atoms with E-state index in [1.54, 1.807) is 6.08 Å². The number of hydrogen-bond donors (Lipinski definition) is 1. The highest BCUT2D eigenvalue weighted by molar-refractivity contribution is 7.45. The molecule has 78 heavy (non-hydrogen) atoms. The minimum atomic E-state index is -4.73. The Morgan fingerprint density at radius 3 is 1.28 bits per heavy atom. The average molecular weight is 1110 g/mol. The van der Waals surface area contributed by atoms with Gasteiger partial charge in [0.1, 0.15) is 19.3 Å². The summed E-state index contributed by atoms with van der Waals surface area (Å²) in [4.78, 5) is 39.9. The topological polar surface area (TPSA) is 114 Å². The number of rotatable bonds is 55. The van der Waals surface area contributed by atoms with Crippen molar-refractivity contribution in [1.82, 2.24) is 5.32 Å². The number of unbranched alkanes of at least 4 members (excludes halogenated alkanes) is 21. The predicted molar refractivity (Wildman–Crippen MR) is 334 cm³/mol. The van der Waals surface area contributed by atoms with Crippen LogP contribution in [0.5, 0.6) is 0 Å². The van der Waals surface area contributed by atoms with Gasteiger partial charge in [0.25, 0.3) is 7.82 Å². The molecule has 0 aromatic heterocycles. The Labute approximate surface area is 480 Å². The molecule has 0 saturated heterocycles. The highest BCUT2D eigenvalue weighted by Crippen LogP contribution is 2.38. The SMILES string of the molecule is CC/C=C/C/C=C/C/C=C/C/C=C/C/C=C/CCC(=O)NC(COP(=O)([O-])OCC[N+](C)(C)C)C(/C=C\CCCCCCCCCCC)OC(=O)CCCCCCCCCCC/C=C\C/C=C\C/C=C\C/C=C\CCCCC. The van der Waals surface area contributed by atoms with E-state index in [0.29, 0.717) is 23.9 Å². The molecule has 0 aromatic carbocycles. The summed E-state index contributed by atoms with van der Waals surface area (Å²) in [6, 6.07) is -0.938. The standard InChI is InChI=1S/C68H117N2O7P/c1-7-10-13-16-19-22-25-27-29-31-32-33-34-35-36-37-38-39-41-43-46-49-52-55-58-61-68(72)77-66(59-56-53-50-47-44-24-21-18-15-12-9-3)65(64-76-78(73,74)75-63-62-70(4,5)6)69-67(71)60-57-54-51-48-45-42-40-30-28-26-23-20-17-14-11-8-2/h11,14,19-20,22-23,27-30,32-33,35-36,42,45,51,54,56,59,65-66H,7-10,12-13,15-18,21,24-26,31,34,37-41,43-44,46-50,52-53,55,57-58,60-64H2,1-6H3,(H-,69,71,73,74)/b14-11+,22-19-,23-20+,29-27-,30-28+,33-32-,36-35-,45-42+,54-51+,59-56-. The van der Waals surface area contributed by atoms with Gasteiger partial charge >= 0.3 is 5.97 Å². The van der Waals surface area contributed by atoms with Gasteiger partial charge in [0.15, 0.2) is 0 Å². The van der Waals surface area contributed by atoms with Crippen LogP contribution in [0.4, 0.5) is 0 Å². The first kappa shape index (κ1) is 74.4. The summed E-state index contributed by atoms with van der Waals surface area (Å²) in [7, 11) is 1.12. The van der Waals surface area contributed by atoms with Crippen LogP contribution in [-0.4, -0.2) is 69.4 Å². The Morgan fingerprint density at radius 2 is 0.833 bits per heavy atom. The lowest BCUT2D eigenvalue weighted by Gasteiger charge is -2.30. The number of amides is 1. The molecule has 0 aromatic rings. The lowest BCUT2D eigenvalue weighted by atomic mass is 10.1. The summed E-state index contributed by atoms with van der Waals surface area (Å²) in [5.41, 5.74) is 0. The zero-order valence-corrected chi connectivity index (χ0v) is 51.7. The van der Waals surface area contributed by atoms with E-state index < -0.39 is 26.6 Å². The molecular weight excluding hydrogens is 988 g/mol. The van der Waals surface area contributed by atoms with Gasteiger partial charge in [-0.05, 0) is 109 Å². The molecule has 0 spiro atoms. The van der Waals surface area contributed by atoms with Gasteiger partial charge in [0.2, 0.25) is 5.91 Å². The summed E-state index contributed by atoms with van der Waals surface area (Å²) in [5.74, 6) is -0.652. The summed E-state index contributed by atoms with van der Waals surface area (Å²) in [6.07, 6.45) is 79.1. The molecule has 1 N–H and O–H groups in total. The van der Waals surface area contributed by atoms with Gasteiger partial charge in [-0.15, -0.1) is 0 Å². The minimum Gasteiger partial charge on any atom is -0.756 e. The van der Waals surface area contributed by atoms with Crippen molar-refractivity contribution in [3.05, 3.63) is 122 Å². The second-order valence-electron chi connectivity index (χ2n) is 21.8. The number of phosphoric ester groups is 1. The summed E-state index contributed by atoms with van der Waals surface area (Å²) >= 11 is 0. The normalized spacial score (nSPS) is 14.5. The molecule has 0 aliphatic heterocycles. The first-order valence-electron chi connectivity index (χ1n) is 31.3. The summed E-state index contributed by atoms with van der Waals surface area (Å²) < 4.78 is 30.2. The molecule has 0 radical (unpaired) electrons.